The summed E-state index contributed by atoms with van der Waals surface area (Å²) in [6, 6.07) is 12.8. The van der Waals surface area contributed by atoms with Crippen LogP contribution in [0.1, 0.15) is 26.0 Å². The van der Waals surface area contributed by atoms with Gasteiger partial charge in [0, 0.05) is 30.5 Å². The molecule has 3 aromatic rings. The number of rotatable bonds is 9. The predicted octanol–water partition coefficient (Wildman–Crippen LogP) is 3.65. The molecule has 3 heterocycles. The van der Waals surface area contributed by atoms with E-state index in [1.807, 2.05) is 31.2 Å². The van der Waals surface area contributed by atoms with Gasteiger partial charge < -0.3 is 24.5 Å². The summed E-state index contributed by atoms with van der Waals surface area (Å²) < 4.78 is 40.1. The van der Waals surface area contributed by atoms with Crippen molar-refractivity contribution in [3.63, 3.8) is 0 Å². The van der Waals surface area contributed by atoms with Crippen LogP contribution in [0.5, 0.6) is 17.2 Å². The van der Waals surface area contributed by atoms with E-state index in [2.05, 4.69) is 28.3 Å². The third kappa shape index (κ3) is 5.77. The zero-order chi connectivity index (χ0) is 24.3. The number of aromatic amines is 1. The van der Waals surface area contributed by atoms with Crippen LogP contribution in [0, 0.1) is 0 Å². The molecule has 0 fully saturated rings. The molecular formula is C24H28N4O5S. The Bertz CT molecular complexity index is 1280. The van der Waals surface area contributed by atoms with Crippen molar-refractivity contribution in [2.45, 2.75) is 37.4 Å². The highest BCUT2D eigenvalue weighted by Gasteiger charge is 2.16. The van der Waals surface area contributed by atoms with E-state index in [0.29, 0.717) is 29.9 Å². The molecule has 2 aromatic heterocycles. The van der Waals surface area contributed by atoms with E-state index in [1.165, 1.54) is 18.3 Å². The maximum Gasteiger partial charge on any atom is 0.255 e. The fourth-order valence-corrected chi connectivity index (χ4v) is 4.13. The van der Waals surface area contributed by atoms with Crippen LogP contribution in [0.25, 0.3) is 17.0 Å². The Balaban J connectivity index is 1.64. The second-order valence-electron chi connectivity index (χ2n) is 8.24. The molecule has 0 radical (unpaired) electrons. The smallest absolute Gasteiger partial charge is 0.255 e. The Kier molecular flexibility index (Phi) is 6.92. The molecule has 0 unspecified atom stereocenters. The van der Waals surface area contributed by atoms with Crippen molar-refractivity contribution >= 4 is 15.7 Å². The van der Waals surface area contributed by atoms with Gasteiger partial charge in [-0.25, -0.2) is 18.5 Å². The lowest BCUT2D eigenvalue weighted by Crippen LogP contribution is -2.18. The van der Waals surface area contributed by atoms with Gasteiger partial charge in [-0.3, -0.25) is 0 Å². The van der Waals surface area contributed by atoms with Gasteiger partial charge in [-0.2, -0.15) is 0 Å². The Morgan fingerprint density at radius 1 is 1.12 bits per heavy atom. The molecule has 34 heavy (non-hydrogen) atoms. The number of nitrogens with zero attached hydrogens (tertiary/aromatic N) is 1. The van der Waals surface area contributed by atoms with E-state index in [9.17, 15) is 8.42 Å². The van der Waals surface area contributed by atoms with Crippen LogP contribution in [0.2, 0.25) is 0 Å². The average molecular weight is 485 g/mol. The van der Waals surface area contributed by atoms with Crippen molar-refractivity contribution in [3.05, 3.63) is 60.4 Å². The predicted molar refractivity (Wildman–Crippen MR) is 129 cm³/mol. The third-order valence-corrected chi connectivity index (χ3v) is 6.04. The zero-order valence-electron chi connectivity index (χ0n) is 19.2. The molecule has 1 aliphatic heterocycles. The van der Waals surface area contributed by atoms with E-state index in [0.717, 1.165) is 29.1 Å². The van der Waals surface area contributed by atoms with Gasteiger partial charge in [0.05, 0.1) is 24.2 Å². The molecule has 0 bridgehead atoms. The first kappa shape index (κ1) is 23.8. The second kappa shape index (κ2) is 9.88. The van der Waals surface area contributed by atoms with Crippen molar-refractivity contribution in [3.8, 4) is 28.5 Å². The van der Waals surface area contributed by atoms with Gasteiger partial charge in [0.15, 0.2) is 5.03 Å². The van der Waals surface area contributed by atoms with Gasteiger partial charge in [-0.1, -0.05) is 6.08 Å². The SMILES string of the molecule is COC[C@H](C)Oc1cc(Oc2ccc(S(N)(=O)=O)nc2)cc(-c2ccc(C3=CC[C@H](C)N3)[nH]2)c1. The maximum absolute atomic E-state index is 11.5. The molecule has 180 valence electrons. The first-order valence-corrected chi connectivity index (χ1v) is 12.4. The number of nitrogens with two attached hydrogens (primary N) is 1. The molecule has 0 spiro atoms. The number of ether oxygens (including phenoxy) is 3. The summed E-state index contributed by atoms with van der Waals surface area (Å²) in [4.78, 5) is 7.32. The minimum Gasteiger partial charge on any atom is -0.488 e. The Morgan fingerprint density at radius 2 is 1.88 bits per heavy atom. The summed E-state index contributed by atoms with van der Waals surface area (Å²) in [6.07, 6.45) is 4.31. The number of pyridine rings is 1. The van der Waals surface area contributed by atoms with E-state index >= 15 is 0 Å². The minimum absolute atomic E-state index is 0.169. The topological polar surface area (TPSA) is 129 Å². The number of nitrogens with one attached hydrogen (secondary N) is 2. The summed E-state index contributed by atoms with van der Waals surface area (Å²) in [6.45, 7) is 4.49. The van der Waals surface area contributed by atoms with Crippen molar-refractivity contribution in [1.82, 2.24) is 15.3 Å². The monoisotopic (exact) mass is 484 g/mol. The van der Waals surface area contributed by atoms with Crippen molar-refractivity contribution < 1.29 is 22.6 Å². The number of H-pyrrole nitrogens is 1. The summed E-state index contributed by atoms with van der Waals surface area (Å²) in [5.41, 5.74) is 3.85. The maximum atomic E-state index is 11.5. The van der Waals surface area contributed by atoms with E-state index < -0.39 is 10.0 Å². The third-order valence-electron chi connectivity index (χ3n) is 5.22. The molecule has 0 saturated heterocycles. The van der Waals surface area contributed by atoms with Crippen molar-refractivity contribution in [2.24, 2.45) is 5.14 Å². The molecule has 0 amide bonds. The normalized spacial score (nSPS) is 16.6. The van der Waals surface area contributed by atoms with Gasteiger partial charge >= 0.3 is 0 Å². The number of sulfonamides is 1. The minimum atomic E-state index is -3.88. The van der Waals surface area contributed by atoms with Gasteiger partial charge in [-0.15, -0.1) is 0 Å². The summed E-state index contributed by atoms with van der Waals surface area (Å²) >= 11 is 0. The molecular weight excluding hydrogens is 456 g/mol. The summed E-state index contributed by atoms with van der Waals surface area (Å²) in [5.74, 6) is 1.47. The molecule has 4 rings (SSSR count). The van der Waals surface area contributed by atoms with Crippen LogP contribution >= 0.6 is 0 Å². The van der Waals surface area contributed by atoms with Crippen LogP contribution in [-0.4, -0.2) is 44.2 Å². The van der Waals surface area contributed by atoms with Gasteiger partial charge in [0.2, 0.25) is 0 Å². The molecule has 9 nitrogen and oxygen atoms in total. The van der Waals surface area contributed by atoms with Crippen LogP contribution in [0.15, 0.2) is 59.8 Å². The highest BCUT2D eigenvalue weighted by molar-refractivity contribution is 7.89. The largest absolute Gasteiger partial charge is 0.488 e. The molecule has 0 aliphatic carbocycles. The lowest BCUT2D eigenvalue weighted by Gasteiger charge is -2.16. The number of aromatic nitrogens is 2. The summed E-state index contributed by atoms with van der Waals surface area (Å²) in [5, 5.41) is 8.35. The van der Waals surface area contributed by atoms with E-state index in [-0.39, 0.29) is 11.1 Å². The van der Waals surface area contributed by atoms with Crippen LogP contribution < -0.4 is 19.9 Å². The molecule has 2 atom stereocenters. The first-order chi connectivity index (χ1) is 16.2. The fraction of sp³-hybridized carbons (Fsp3) is 0.292. The average Bonchev–Trinajstić information content (AvgIpc) is 3.43. The fourth-order valence-electron chi connectivity index (χ4n) is 3.67. The zero-order valence-corrected chi connectivity index (χ0v) is 20.1. The molecule has 0 saturated carbocycles. The molecule has 4 N–H and O–H groups in total. The lowest BCUT2D eigenvalue weighted by atomic mass is 10.1. The Hall–Kier alpha value is -3.34. The number of hydrogen-bond donors (Lipinski definition) is 3. The van der Waals surface area contributed by atoms with Crippen molar-refractivity contribution in [1.29, 1.82) is 0 Å². The second-order valence-corrected chi connectivity index (χ2v) is 9.75. The number of primary sulfonamides is 1. The molecule has 10 heteroatoms. The van der Waals surface area contributed by atoms with Gasteiger partial charge in [-0.05, 0) is 56.7 Å². The van der Waals surface area contributed by atoms with Crippen LogP contribution in [0.3, 0.4) is 0 Å². The molecule has 1 aromatic carbocycles. The van der Waals surface area contributed by atoms with E-state index in [1.54, 1.807) is 13.2 Å². The lowest BCUT2D eigenvalue weighted by molar-refractivity contribution is 0.0920. The standard InChI is InChI=1S/C24H28N4O5S/c1-15-4-6-22(27-15)23-8-7-21(28-23)17-10-19(32-16(2)14-31-3)12-20(11-17)33-18-5-9-24(26-13-18)34(25,29)30/h5-13,15-16,27-28H,4,14H2,1-3H3,(H2,25,29,30)/t15-,16-/m0/s1. The Labute approximate surface area is 199 Å². The van der Waals surface area contributed by atoms with Crippen LogP contribution in [-0.2, 0) is 14.8 Å². The number of hydrogen-bond acceptors (Lipinski definition) is 7. The van der Waals surface area contributed by atoms with E-state index in [4.69, 9.17) is 19.3 Å². The van der Waals surface area contributed by atoms with Crippen LogP contribution in [0.4, 0.5) is 0 Å². The summed E-state index contributed by atoms with van der Waals surface area (Å²) in [7, 11) is -2.26. The quantitative estimate of drug-likeness (QED) is 0.423. The van der Waals surface area contributed by atoms with Gasteiger partial charge in [0.25, 0.3) is 10.0 Å². The first-order valence-electron chi connectivity index (χ1n) is 10.8. The molecule has 1 aliphatic rings. The highest BCUT2D eigenvalue weighted by Crippen LogP contribution is 2.33. The van der Waals surface area contributed by atoms with Crippen molar-refractivity contribution in [2.75, 3.05) is 13.7 Å². The van der Waals surface area contributed by atoms with Gasteiger partial charge in [0.1, 0.15) is 23.4 Å². The Morgan fingerprint density at radius 3 is 2.53 bits per heavy atom. The number of methoxy groups -OCH3 is 1. The number of benzene rings is 1. The highest BCUT2D eigenvalue weighted by atomic mass is 32.2.